The summed E-state index contributed by atoms with van der Waals surface area (Å²) in [6.45, 7) is -0.0805. The van der Waals surface area contributed by atoms with Crippen LogP contribution in [0.2, 0.25) is 0 Å². The van der Waals surface area contributed by atoms with E-state index in [4.69, 9.17) is 15.6 Å². The predicted octanol–water partition coefficient (Wildman–Crippen LogP) is -0.0569. The fourth-order valence-corrected chi connectivity index (χ4v) is 0.834. The van der Waals surface area contributed by atoms with E-state index in [0.29, 0.717) is 0 Å². The molecule has 0 aliphatic heterocycles. The van der Waals surface area contributed by atoms with Crippen molar-refractivity contribution in [1.82, 2.24) is 4.98 Å². The van der Waals surface area contributed by atoms with E-state index in [2.05, 4.69) is 4.98 Å². The minimum absolute atomic E-state index is 0.0737. The van der Waals surface area contributed by atoms with Gasteiger partial charge in [0.25, 0.3) is 0 Å². The van der Waals surface area contributed by atoms with Crippen molar-refractivity contribution in [3.05, 3.63) is 22.2 Å². The van der Waals surface area contributed by atoms with Gasteiger partial charge in [-0.25, -0.2) is 0 Å². The summed E-state index contributed by atoms with van der Waals surface area (Å²) in [5, 5.41) is 18.8. The van der Waals surface area contributed by atoms with Crippen molar-refractivity contribution in [2.75, 3.05) is 18.9 Å². The van der Waals surface area contributed by atoms with E-state index >= 15 is 0 Å². The molecule has 0 saturated carbocycles. The summed E-state index contributed by atoms with van der Waals surface area (Å²) in [6.07, 6.45) is 0. The van der Waals surface area contributed by atoms with Gasteiger partial charge in [0.1, 0.15) is 6.61 Å². The Morgan fingerprint density at radius 1 is 1.64 bits per heavy atom. The number of pyridine rings is 1. The molecular formula is C7H9N3O4. The van der Waals surface area contributed by atoms with Gasteiger partial charge in [-0.2, -0.15) is 4.98 Å². The Kier molecular flexibility index (Phi) is 3.19. The maximum absolute atomic E-state index is 10.4. The van der Waals surface area contributed by atoms with Gasteiger partial charge >= 0.3 is 5.69 Å². The maximum Gasteiger partial charge on any atom is 0.311 e. The van der Waals surface area contributed by atoms with E-state index in [1.165, 1.54) is 12.1 Å². The summed E-state index contributed by atoms with van der Waals surface area (Å²) in [6, 6.07) is 2.53. The van der Waals surface area contributed by atoms with Crippen LogP contribution in [0.1, 0.15) is 0 Å². The molecule has 0 spiro atoms. The molecule has 0 aliphatic carbocycles. The highest BCUT2D eigenvalue weighted by Gasteiger charge is 2.12. The van der Waals surface area contributed by atoms with Crippen molar-refractivity contribution in [3.63, 3.8) is 0 Å². The smallest absolute Gasteiger partial charge is 0.311 e. The first-order valence-corrected chi connectivity index (χ1v) is 3.79. The number of nitro groups is 1. The van der Waals surface area contributed by atoms with E-state index in [0.717, 1.165) is 0 Å². The second-order valence-corrected chi connectivity index (χ2v) is 2.38. The minimum Gasteiger partial charge on any atom is -0.475 e. The van der Waals surface area contributed by atoms with Gasteiger partial charge < -0.3 is 15.6 Å². The number of aromatic nitrogens is 1. The molecule has 1 heterocycles. The molecule has 1 rings (SSSR count). The Morgan fingerprint density at radius 2 is 2.36 bits per heavy atom. The topological polar surface area (TPSA) is 112 Å². The Labute approximate surface area is 79.3 Å². The third kappa shape index (κ3) is 2.30. The van der Waals surface area contributed by atoms with Crippen LogP contribution in [0, 0.1) is 10.1 Å². The largest absolute Gasteiger partial charge is 0.475 e. The lowest BCUT2D eigenvalue weighted by atomic mass is 10.4. The molecule has 0 atom stereocenters. The molecular weight excluding hydrogens is 190 g/mol. The third-order valence-corrected chi connectivity index (χ3v) is 1.41. The first kappa shape index (κ1) is 10.2. The van der Waals surface area contributed by atoms with Crippen LogP contribution < -0.4 is 10.5 Å². The molecule has 0 saturated heterocycles. The van der Waals surface area contributed by atoms with Gasteiger partial charge in [0, 0.05) is 12.1 Å². The van der Waals surface area contributed by atoms with E-state index in [1.54, 1.807) is 0 Å². The van der Waals surface area contributed by atoms with Gasteiger partial charge in [-0.1, -0.05) is 0 Å². The number of ether oxygens (including phenoxy) is 1. The summed E-state index contributed by atoms with van der Waals surface area (Å²) < 4.78 is 4.91. The van der Waals surface area contributed by atoms with Crippen LogP contribution in [-0.2, 0) is 0 Å². The number of nitrogen functional groups attached to an aromatic ring is 1. The van der Waals surface area contributed by atoms with Crippen molar-refractivity contribution in [2.24, 2.45) is 0 Å². The van der Waals surface area contributed by atoms with Crippen molar-refractivity contribution in [1.29, 1.82) is 0 Å². The summed E-state index contributed by atoms with van der Waals surface area (Å²) >= 11 is 0. The van der Waals surface area contributed by atoms with Crippen molar-refractivity contribution >= 4 is 11.5 Å². The predicted molar refractivity (Wildman–Crippen MR) is 47.9 cm³/mol. The molecule has 0 unspecified atom stereocenters. The van der Waals surface area contributed by atoms with Crippen molar-refractivity contribution < 1.29 is 14.8 Å². The number of aliphatic hydroxyl groups excluding tert-OH is 1. The van der Waals surface area contributed by atoms with E-state index < -0.39 is 4.92 Å². The number of hydrogen-bond acceptors (Lipinski definition) is 6. The van der Waals surface area contributed by atoms with Crippen LogP contribution in [-0.4, -0.2) is 28.2 Å². The van der Waals surface area contributed by atoms with Crippen LogP contribution in [0.5, 0.6) is 5.88 Å². The quantitative estimate of drug-likeness (QED) is 0.519. The highest BCUT2D eigenvalue weighted by Crippen LogP contribution is 2.21. The summed E-state index contributed by atoms with van der Waals surface area (Å²) in [5.74, 6) is -0.0485. The number of nitrogens with two attached hydrogens (primary N) is 1. The molecule has 7 nitrogen and oxygen atoms in total. The number of nitrogens with zero attached hydrogens (tertiary/aromatic N) is 2. The molecule has 0 aromatic carbocycles. The Bertz CT molecular complexity index is 342. The zero-order valence-electron chi connectivity index (χ0n) is 7.21. The van der Waals surface area contributed by atoms with E-state index in [-0.39, 0.29) is 30.6 Å². The summed E-state index contributed by atoms with van der Waals surface area (Å²) in [7, 11) is 0. The van der Waals surface area contributed by atoms with Crippen LogP contribution >= 0.6 is 0 Å². The number of aliphatic hydroxyl groups is 1. The third-order valence-electron chi connectivity index (χ3n) is 1.41. The zero-order valence-corrected chi connectivity index (χ0v) is 7.21. The molecule has 3 N–H and O–H groups in total. The minimum atomic E-state index is -0.627. The normalized spacial score (nSPS) is 9.79. The molecule has 0 amide bonds. The summed E-state index contributed by atoms with van der Waals surface area (Å²) in [4.78, 5) is 13.4. The lowest BCUT2D eigenvalue weighted by Gasteiger charge is -2.03. The molecule has 1 aromatic rings. The molecule has 0 radical (unpaired) electrons. The van der Waals surface area contributed by atoms with Gasteiger partial charge in [-0.05, 0) is 0 Å². The first-order chi connectivity index (χ1) is 6.65. The molecule has 0 fully saturated rings. The number of anilines is 1. The maximum atomic E-state index is 10.4. The zero-order chi connectivity index (χ0) is 10.6. The van der Waals surface area contributed by atoms with E-state index in [9.17, 15) is 10.1 Å². The second kappa shape index (κ2) is 4.38. The number of rotatable bonds is 4. The standard InChI is InChI=1S/C7H9N3O4/c8-7-5(10(12)13)1-2-6(9-7)14-4-3-11/h1-2,11H,3-4H2,(H2,8,9). The highest BCUT2D eigenvalue weighted by molar-refractivity contribution is 5.53. The Balaban J connectivity index is 2.83. The van der Waals surface area contributed by atoms with Crippen LogP contribution in [0.3, 0.4) is 0 Å². The van der Waals surface area contributed by atoms with Crippen molar-refractivity contribution in [2.45, 2.75) is 0 Å². The van der Waals surface area contributed by atoms with E-state index in [1.807, 2.05) is 0 Å². The summed E-state index contributed by atoms with van der Waals surface area (Å²) in [5.41, 5.74) is 5.04. The van der Waals surface area contributed by atoms with Gasteiger partial charge in [-0.3, -0.25) is 10.1 Å². The van der Waals surface area contributed by atoms with Gasteiger partial charge in [-0.15, -0.1) is 0 Å². The Hall–Kier alpha value is -1.89. The van der Waals surface area contributed by atoms with Crippen LogP contribution in [0.25, 0.3) is 0 Å². The van der Waals surface area contributed by atoms with Crippen molar-refractivity contribution in [3.8, 4) is 5.88 Å². The van der Waals surface area contributed by atoms with Gasteiger partial charge in [0.05, 0.1) is 11.5 Å². The molecule has 0 aliphatic rings. The average Bonchev–Trinajstić information content (AvgIpc) is 2.14. The highest BCUT2D eigenvalue weighted by atomic mass is 16.6. The molecule has 76 valence electrons. The molecule has 7 heteroatoms. The lowest BCUT2D eigenvalue weighted by Crippen LogP contribution is -2.05. The molecule has 14 heavy (non-hydrogen) atoms. The second-order valence-electron chi connectivity index (χ2n) is 2.38. The monoisotopic (exact) mass is 199 g/mol. The average molecular weight is 199 g/mol. The fourth-order valence-electron chi connectivity index (χ4n) is 0.834. The first-order valence-electron chi connectivity index (χ1n) is 3.79. The van der Waals surface area contributed by atoms with Crippen LogP contribution in [0.4, 0.5) is 11.5 Å². The molecule has 1 aromatic heterocycles. The number of hydrogen-bond donors (Lipinski definition) is 2. The fraction of sp³-hybridized carbons (Fsp3) is 0.286. The van der Waals surface area contributed by atoms with Gasteiger partial charge in [0.15, 0.2) is 0 Å². The SMILES string of the molecule is Nc1nc(OCCO)ccc1[N+](=O)[O-]. The Morgan fingerprint density at radius 3 is 2.86 bits per heavy atom. The lowest BCUT2D eigenvalue weighted by molar-refractivity contribution is -0.384. The van der Waals surface area contributed by atoms with Gasteiger partial charge in [0.2, 0.25) is 11.7 Å². The van der Waals surface area contributed by atoms with Crippen LogP contribution in [0.15, 0.2) is 12.1 Å². The molecule has 0 bridgehead atoms.